The molecule has 0 bridgehead atoms. The maximum Gasteiger partial charge on any atom is 0.265 e. The van der Waals surface area contributed by atoms with Gasteiger partial charge in [0, 0.05) is 19.6 Å². The summed E-state index contributed by atoms with van der Waals surface area (Å²) in [6.45, 7) is 4.58. The molecule has 1 amide bonds. The van der Waals surface area contributed by atoms with E-state index in [9.17, 15) is 4.79 Å². The molecule has 114 valence electrons. The van der Waals surface area contributed by atoms with Gasteiger partial charge in [0.1, 0.15) is 5.75 Å². The van der Waals surface area contributed by atoms with E-state index in [1.807, 2.05) is 23.1 Å². The number of ether oxygens (including phenoxy) is 1. The first-order chi connectivity index (χ1) is 10.3. The summed E-state index contributed by atoms with van der Waals surface area (Å²) in [6.07, 6.45) is 3.87. The molecule has 21 heavy (non-hydrogen) atoms. The van der Waals surface area contributed by atoms with Gasteiger partial charge < -0.3 is 20.3 Å². The van der Waals surface area contributed by atoms with Gasteiger partial charge in [-0.15, -0.1) is 0 Å². The van der Waals surface area contributed by atoms with Gasteiger partial charge in [-0.3, -0.25) is 4.79 Å². The van der Waals surface area contributed by atoms with Crippen LogP contribution in [0.1, 0.15) is 24.8 Å². The number of hydrogen-bond donors (Lipinski definition) is 1. The number of anilines is 1. The van der Waals surface area contributed by atoms with E-state index in [1.54, 1.807) is 0 Å². The summed E-state index contributed by atoms with van der Waals surface area (Å²) in [4.78, 5) is 16.4. The van der Waals surface area contributed by atoms with Crippen LogP contribution >= 0.6 is 0 Å². The lowest BCUT2D eigenvalue weighted by Gasteiger charge is -2.33. The molecule has 1 aromatic carbocycles. The fourth-order valence-corrected chi connectivity index (χ4v) is 3.05. The van der Waals surface area contributed by atoms with Gasteiger partial charge in [0.05, 0.1) is 5.69 Å². The lowest BCUT2D eigenvalue weighted by Crippen LogP contribution is -2.44. The Hall–Kier alpha value is -1.59. The molecule has 1 aromatic rings. The van der Waals surface area contributed by atoms with Crippen molar-refractivity contribution in [3.8, 4) is 5.75 Å². The van der Waals surface area contributed by atoms with Crippen molar-refractivity contribution in [2.24, 2.45) is 5.73 Å². The Kier molecular flexibility index (Phi) is 4.41. The van der Waals surface area contributed by atoms with E-state index in [0.29, 0.717) is 6.54 Å². The Labute approximate surface area is 125 Å². The summed E-state index contributed by atoms with van der Waals surface area (Å²) in [5.41, 5.74) is 7.56. The number of nitrogens with zero attached hydrogens (tertiary/aromatic N) is 2. The second-order valence-corrected chi connectivity index (χ2v) is 5.74. The standard InChI is InChI=1S/C16H23N3O2/c17-11-13-4-5-14-15(10-13)21-12-16(20)19(14)9-8-18-6-2-1-3-7-18/h4-5,10H,1-3,6-9,11-12,17H2. The van der Waals surface area contributed by atoms with Gasteiger partial charge in [0.15, 0.2) is 6.61 Å². The van der Waals surface area contributed by atoms with Crippen LogP contribution in [0, 0.1) is 0 Å². The number of likely N-dealkylation sites (tertiary alicyclic amines) is 1. The number of amides is 1. The molecule has 0 spiro atoms. The Morgan fingerprint density at radius 3 is 2.71 bits per heavy atom. The van der Waals surface area contributed by atoms with Crippen molar-refractivity contribution in [1.29, 1.82) is 0 Å². The third kappa shape index (κ3) is 3.19. The summed E-state index contributed by atoms with van der Waals surface area (Å²) in [5.74, 6) is 0.816. The van der Waals surface area contributed by atoms with Crippen LogP contribution in [-0.4, -0.2) is 43.6 Å². The summed E-state index contributed by atoms with van der Waals surface area (Å²) in [6, 6.07) is 5.86. The van der Waals surface area contributed by atoms with Crippen molar-refractivity contribution in [2.45, 2.75) is 25.8 Å². The third-order valence-electron chi connectivity index (χ3n) is 4.29. The summed E-state index contributed by atoms with van der Waals surface area (Å²) in [5, 5.41) is 0. The monoisotopic (exact) mass is 289 g/mol. The molecule has 2 aliphatic rings. The van der Waals surface area contributed by atoms with Gasteiger partial charge >= 0.3 is 0 Å². The molecule has 1 saturated heterocycles. The molecular formula is C16H23N3O2. The molecule has 2 N–H and O–H groups in total. The van der Waals surface area contributed by atoms with Crippen molar-refractivity contribution >= 4 is 11.6 Å². The number of piperidine rings is 1. The fourth-order valence-electron chi connectivity index (χ4n) is 3.05. The molecule has 2 aliphatic heterocycles. The van der Waals surface area contributed by atoms with Crippen LogP contribution < -0.4 is 15.4 Å². The third-order valence-corrected chi connectivity index (χ3v) is 4.29. The van der Waals surface area contributed by atoms with Gasteiger partial charge in [0.25, 0.3) is 5.91 Å². The van der Waals surface area contributed by atoms with E-state index < -0.39 is 0 Å². The van der Waals surface area contributed by atoms with Crippen molar-refractivity contribution < 1.29 is 9.53 Å². The molecule has 3 rings (SSSR count). The molecule has 0 radical (unpaired) electrons. The first kappa shape index (κ1) is 14.4. The van der Waals surface area contributed by atoms with Crippen molar-refractivity contribution in [3.05, 3.63) is 23.8 Å². The van der Waals surface area contributed by atoms with E-state index in [4.69, 9.17) is 10.5 Å². The second kappa shape index (κ2) is 6.45. The fraction of sp³-hybridized carbons (Fsp3) is 0.562. The number of carbonyl (C=O) groups is 1. The lowest BCUT2D eigenvalue weighted by molar-refractivity contribution is -0.121. The van der Waals surface area contributed by atoms with Gasteiger partial charge in [0.2, 0.25) is 0 Å². The quantitative estimate of drug-likeness (QED) is 0.909. The Morgan fingerprint density at radius 1 is 1.14 bits per heavy atom. The lowest BCUT2D eigenvalue weighted by atomic mass is 10.1. The average Bonchev–Trinajstić information content (AvgIpc) is 2.54. The number of carbonyl (C=O) groups excluding carboxylic acids is 1. The maximum atomic E-state index is 12.1. The predicted octanol–water partition coefficient (Wildman–Crippen LogP) is 1.36. The Balaban J connectivity index is 1.71. The van der Waals surface area contributed by atoms with Crippen molar-refractivity contribution in [3.63, 3.8) is 0 Å². The van der Waals surface area contributed by atoms with Gasteiger partial charge in [-0.25, -0.2) is 0 Å². The highest BCUT2D eigenvalue weighted by molar-refractivity contribution is 5.97. The zero-order valence-corrected chi connectivity index (χ0v) is 12.4. The minimum Gasteiger partial charge on any atom is -0.482 e. The molecule has 0 atom stereocenters. The first-order valence-corrected chi connectivity index (χ1v) is 7.76. The zero-order valence-electron chi connectivity index (χ0n) is 12.4. The van der Waals surface area contributed by atoms with Crippen LogP contribution in [0.2, 0.25) is 0 Å². The molecule has 0 aliphatic carbocycles. The number of hydrogen-bond acceptors (Lipinski definition) is 4. The SMILES string of the molecule is NCc1ccc2c(c1)OCC(=O)N2CCN1CCCCC1. The van der Waals surface area contributed by atoms with E-state index in [-0.39, 0.29) is 12.5 Å². The maximum absolute atomic E-state index is 12.1. The van der Waals surface area contributed by atoms with Crippen LogP contribution in [0.25, 0.3) is 0 Å². The zero-order chi connectivity index (χ0) is 14.7. The number of nitrogens with two attached hydrogens (primary N) is 1. The van der Waals surface area contributed by atoms with E-state index in [1.165, 1.54) is 19.3 Å². The van der Waals surface area contributed by atoms with Crippen LogP contribution in [0.5, 0.6) is 5.75 Å². The Bertz CT molecular complexity index is 512. The highest BCUT2D eigenvalue weighted by Gasteiger charge is 2.26. The smallest absolute Gasteiger partial charge is 0.265 e. The van der Waals surface area contributed by atoms with Crippen LogP contribution in [0.3, 0.4) is 0 Å². The van der Waals surface area contributed by atoms with Gasteiger partial charge in [-0.2, -0.15) is 0 Å². The van der Waals surface area contributed by atoms with Crippen LogP contribution in [-0.2, 0) is 11.3 Å². The van der Waals surface area contributed by atoms with Gasteiger partial charge in [-0.1, -0.05) is 12.5 Å². The van der Waals surface area contributed by atoms with E-state index in [0.717, 1.165) is 43.2 Å². The summed E-state index contributed by atoms with van der Waals surface area (Å²) in [7, 11) is 0. The van der Waals surface area contributed by atoms with Crippen molar-refractivity contribution in [1.82, 2.24) is 4.90 Å². The number of rotatable bonds is 4. The molecule has 2 heterocycles. The topological polar surface area (TPSA) is 58.8 Å². The Morgan fingerprint density at radius 2 is 1.95 bits per heavy atom. The molecule has 0 aromatic heterocycles. The van der Waals surface area contributed by atoms with Crippen LogP contribution in [0.15, 0.2) is 18.2 Å². The summed E-state index contributed by atoms with van der Waals surface area (Å²) < 4.78 is 5.54. The second-order valence-electron chi connectivity index (χ2n) is 5.74. The molecule has 5 heteroatoms. The molecule has 0 saturated carbocycles. The normalized spacial score (nSPS) is 19.3. The van der Waals surface area contributed by atoms with Crippen LogP contribution in [0.4, 0.5) is 5.69 Å². The largest absolute Gasteiger partial charge is 0.482 e. The minimum atomic E-state index is 0.0417. The minimum absolute atomic E-state index is 0.0417. The average molecular weight is 289 g/mol. The number of benzene rings is 1. The van der Waals surface area contributed by atoms with E-state index >= 15 is 0 Å². The highest BCUT2D eigenvalue weighted by atomic mass is 16.5. The highest BCUT2D eigenvalue weighted by Crippen LogP contribution is 2.32. The molecule has 5 nitrogen and oxygen atoms in total. The predicted molar refractivity (Wildman–Crippen MR) is 82.5 cm³/mol. The molecule has 1 fully saturated rings. The van der Waals surface area contributed by atoms with Crippen molar-refractivity contribution in [2.75, 3.05) is 37.7 Å². The first-order valence-electron chi connectivity index (χ1n) is 7.76. The molecule has 0 unspecified atom stereocenters. The number of fused-ring (bicyclic) bond motifs is 1. The molecular weight excluding hydrogens is 266 g/mol. The van der Waals surface area contributed by atoms with Gasteiger partial charge in [-0.05, 0) is 43.6 Å². The van der Waals surface area contributed by atoms with E-state index in [2.05, 4.69) is 4.90 Å². The summed E-state index contributed by atoms with van der Waals surface area (Å²) >= 11 is 0.